The fraction of sp³-hybridized carbons (Fsp3) is 0.263. The van der Waals surface area contributed by atoms with Gasteiger partial charge in [0.05, 0.1) is 18.5 Å². The average molecular weight is 321 g/mol. The van der Waals surface area contributed by atoms with Gasteiger partial charge in [0.1, 0.15) is 6.04 Å². The van der Waals surface area contributed by atoms with Crippen molar-refractivity contribution in [2.75, 3.05) is 7.05 Å². The Morgan fingerprint density at radius 2 is 1.54 bits per heavy atom. The summed E-state index contributed by atoms with van der Waals surface area (Å²) in [5.74, 6) is -0.601. The van der Waals surface area contributed by atoms with Crippen LogP contribution in [-0.4, -0.2) is 34.8 Å². The summed E-state index contributed by atoms with van der Waals surface area (Å²) in [5.41, 5.74) is 5.27. The summed E-state index contributed by atoms with van der Waals surface area (Å²) >= 11 is 0. The van der Waals surface area contributed by atoms with Gasteiger partial charge in [-0.25, -0.2) is 10.4 Å². The number of likely N-dealkylation sites (N-methyl/N-ethyl adjacent to an activating group) is 1. The first-order chi connectivity index (χ1) is 11.7. The zero-order valence-corrected chi connectivity index (χ0v) is 13.4. The lowest BCUT2D eigenvalue weighted by Crippen LogP contribution is -2.42. The van der Waals surface area contributed by atoms with E-state index in [9.17, 15) is 9.59 Å². The van der Waals surface area contributed by atoms with E-state index >= 15 is 0 Å². The molecule has 1 N–H and O–H groups in total. The molecule has 2 aliphatic rings. The summed E-state index contributed by atoms with van der Waals surface area (Å²) in [6.07, 6.45) is 0. The normalized spacial score (nSPS) is 26.9. The monoisotopic (exact) mass is 321 g/mol. The van der Waals surface area contributed by atoms with Crippen molar-refractivity contribution >= 4 is 11.8 Å². The van der Waals surface area contributed by atoms with Gasteiger partial charge in [0, 0.05) is 7.05 Å². The minimum absolute atomic E-state index is 0.0976. The lowest BCUT2D eigenvalue weighted by atomic mass is 9.91. The Morgan fingerprint density at radius 3 is 2.21 bits per heavy atom. The van der Waals surface area contributed by atoms with Crippen molar-refractivity contribution in [1.29, 1.82) is 0 Å². The molecule has 0 bridgehead atoms. The number of hydrazine groups is 1. The van der Waals surface area contributed by atoms with Gasteiger partial charge in [0.15, 0.2) is 0 Å². The maximum absolute atomic E-state index is 13.0. The molecule has 3 atom stereocenters. The van der Waals surface area contributed by atoms with Gasteiger partial charge in [-0.3, -0.25) is 14.5 Å². The summed E-state index contributed by atoms with van der Waals surface area (Å²) in [7, 11) is 1.83. The molecule has 2 heterocycles. The van der Waals surface area contributed by atoms with E-state index in [2.05, 4.69) is 5.43 Å². The molecule has 2 saturated heterocycles. The smallest absolute Gasteiger partial charge is 0.249 e. The van der Waals surface area contributed by atoms with Crippen LogP contribution in [0.4, 0.5) is 0 Å². The van der Waals surface area contributed by atoms with Crippen molar-refractivity contribution in [3.63, 3.8) is 0 Å². The van der Waals surface area contributed by atoms with Gasteiger partial charge in [0.2, 0.25) is 11.8 Å². The Hall–Kier alpha value is -2.50. The minimum Gasteiger partial charge on any atom is -0.276 e. The number of amides is 2. The fourth-order valence-electron chi connectivity index (χ4n) is 3.71. The van der Waals surface area contributed by atoms with E-state index in [1.807, 2.05) is 67.7 Å². The highest BCUT2D eigenvalue weighted by Gasteiger charge is 2.57. The molecule has 24 heavy (non-hydrogen) atoms. The van der Waals surface area contributed by atoms with E-state index in [0.29, 0.717) is 6.54 Å². The third kappa shape index (κ3) is 2.33. The third-order valence-electron chi connectivity index (χ3n) is 4.87. The van der Waals surface area contributed by atoms with Gasteiger partial charge >= 0.3 is 0 Å². The number of likely N-dealkylation sites (tertiary alicyclic amines) is 1. The molecule has 0 spiro atoms. The second-order valence-electron chi connectivity index (χ2n) is 6.35. The van der Waals surface area contributed by atoms with Crippen LogP contribution >= 0.6 is 0 Å². The molecule has 0 aromatic heterocycles. The molecule has 0 radical (unpaired) electrons. The van der Waals surface area contributed by atoms with Crippen molar-refractivity contribution in [2.45, 2.75) is 18.6 Å². The zero-order chi connectivity index (χ0) is 16.7. The lowest BCUT2D eigenvalue weighted by Gasteiger charge is -2.22. The van der Waals surface area contributed by atoms with Crippen LogP contribution in [0.5, 0.6) is 0 Å². The number of benzene rings is 2. The number of carbonyl (C=O) groups is 2. The molecular weight excluding hydrogens is 302 g/mol. The van der Waals surface area contributed by atoms with Gasteiger partial charge in [-0.15, -0.1) is 0 Å². The first-order valence-electron chi connectivity index (χ1n) is 8.10. The molecule has 2 aromatic carbocycles. The molecule has 2 aliphatic heterocycles. The van der Waals surface area contributed by atoms with Gasteiger partial charge in [-0.05, 0) is 11.1 Å². The predicted octanol–water partition coefficient (Wildman–Crippen LogP) is 1.73. The van der Waals surface area contributed by atoms with Gasteiger partial charge < -0.3 is 0 Å². The minimum atomic E-state index is -0.439. The molecule has 0 unspecified atom stereocenters. The van der Waals surface area contributed by atoms with E-state index in [1.165, 1.54) is 4.90 Å². The maximum Gasteiger partial charge on any atom is 0.249 e. The molecule has 2 fully saturated rings. The Labute approximate surface area is 140 Å². The highest BCUT2D eigenvalue weighted by molar-refractivity contribution is 6.07. The molecule has 122 valence electrons. The van der Waals surface area contributed by atoms with Crippen molar-refractivity contribution in [2.24, 2.45) is 5.92 Å². The molecule has 2 amide bonds. The topological polar surface area (TPSA) is 52.7 Å². The average Bonchev–Trinajstić information content (AvgIpc) is 3.08. The molecule has 0 aliphatic carbocycles. The number of imide groups is 1. The number of fused-ring (bicyclic) bond motifs is 1. The molecule has 5 heteroatoms. The van der Waals surface area contributed by atoms with Crippen LogP contribution in [0.25, 0.3) is 0 Å². The zero-order valence-electron chi connectivity index (χ0n) is 13.4. The van der Waals surface area contributed by atoms with Crippen LogP contribution in [0.2, 0.25) is 0 Å². The Morgan fingerprint density at radius 1 is 0.917 bits per heavy atom. The van der Waals surface area contributed by atoms with Crippen molar-refractivity contribution in [3.8, 4) is 0 Å². The summed E-state index contributed by atoms with van der Waals surface area (Å²) in [5, 5.41) is 1.79. The van der Waals surface area contributed by atoms with E-state index in [4.69, 9.17) is 0 Å². The molecule has 5 nitrogen and oxygen atoms in total. The second-order valence-corrected chi connectivity index (χ2v) is 6.35. The Balaban J connectivity index is 1.64. The molecular formula is C19H19N3O2. The Kier molecular flexibility index (Phi) is 3.67. The van der Waals surface area contributed by atoms with Gasteiger partial charge in [-0.1, -0.05) is 60.7 Å². The second kappa shape index (κ2) is 5.85. The highest BCUT2D eigenvalue weighted by atomic mass is 16.2. The van der Waals surface area contributed by atoms with Crippen molar-refractivity contribution in [3.05, 3.63) is 71.8 Å². The largest absolute Gasteiger partial charge is 0.276 e. The van der Waals surface area contributed by atoms with E-state index in [1.54, 1.807) is 5.01 Å². The number of nitrogens with one attached hydrogen (secondary N) is 1. The summed E-state index contributed by atoms with van der Waals surface area (Å²) in [4.78, 5) is 27.2. The molecule has 0 saturated carbocycles. The molecule has 4 rings (SSSR count). The maximum atomic E-state index is 13.0. The van der Waals surface area contributed by atoms with E-state index in [0.717, 1.165) is 11.1 Å². The van der Waals surface area contributed by atoms with Crippen LogP contribution in [0.15, 0.2) is 60.7 Å². The summed E-state index contributed by atoms with van der Waals surface area (Å²) in [6, 6.07) is 18.9. The van der Waals surface area contributed by atoms with Gasteiger partial charge in [-0.2, -0.15) is 0 Å². The van der Waals surface area contributed by atoms with Crippen LogP contribution in [0.1, 0.15) is 17.2 Å². The molecule has 2 aromatic rings. The first-order valence-corrected chi connectivity index (χ1v) is 8.10. The number of nitrogens with zero attached hydrogens (tertiary/aromatic N) is 2. The van der Waals surface area contributed by atoms with Crippen molar-refractivity contribution in [1.82, 2.24) is 15.3 Å². The number of hydrogen-bond donors (Lipinski definition) is 1. The third-order valence-corrected chi connectivity index (χ3v) is 4.87. The van der Waals surface area contributed by atoms with Crippen LogP contribution in [0.3, 0.4) is 0 Å². The van der Waals surface area contributed by atoms with Crippen LogP contribution in [0, 0.1) is 5.92 Å². The Bertz CT molecular complexity index is 763. The quantitative estimate of drug-likeness (QED) is 0.875. The standard InChI is InChI=1S/C19H19N3O2/c1-21-17-15(16(20-21)14-10-6-3-7-11-14)18(23)22(19(17)24)12-13-8-4-2-5-9-13/h2-11,15-17,20H,12H2,1H3/t15-,16-,17+/m0/s1. The van der Waals surface area contributed by atoms with Gasteiger partial charge in [0.25, 0.3) is 0 Å². The lowest BCUT2D eigenvalue weighted by molar-refractivity contribution is -0.142. The number of rotatable bonds is 3. The number of carbonyl (C=O) groups excluding carboxylic acids is 2. The fourth-order valence-corrected chi connectivity index (χ4v) is 3.71. The van der Waals surface area contributed by atoms with Crippen molar-refractivity contribution < 1.29 is 9.59 Å². The first kappa shape index (κ1) is 15.1. The summed E-state index contributed by atoms with van der Waals surface area (Å²) < 4.78 is 0. The SMILES string of the molecule is CN1N[C@@H](c2ccccc2)[C@@H]2C(=O)N(Cc3ccccc3)C(=O)[C@@H]21. The number of hydrogen-bond acceptors (Lipinski definition) is 4. The highest BCUT2D eigenvalue weighted by Crippen LogP contribution is 2.39. The predicted molar refractivity (Wildman–Crippen MR) is 89.4 cm³/mol. The van der Waals surface area contributed by atoms with Crippen LogP contribution in [-0.2, 0) is 16.1 Å². The van der Waals surface area contributed by atoms with E-state index < -0.39 is 6.04 Å². The van der Waals surface area contributed by atoms with E-state index in [-0.39, 0.29) is 23.8 Å². The van der Waals surface area contributed by atoms with Crippen LogP contribution < -0.4 is 5.43 Å². The summed E-state index contributed by atoms with van der Waals surface area (Å²) in [6.45, 7) is 0.334.